The van der Waals surface area contributed by atoms with E-state index in [-0.39, 0.29) is 36.6 Å². The fourth-order valence-electron chi connectivity index (χ4n) is 2.97. The summed E-state index contributed by atoms with van der Waals surface area (Å²) in [5.41, 5.74) is 8.84. The fraction of sp³-hybridized carbons (Fsp3) is 0.833. The van der Waals surface area contributed by atoms with Crippen LogP contribution < -0.4 is 0 Å². The lowest BCUT2D eigenvalue weighted by molar-refractivity contribution is -0.239. The minimum atomic E-state index is -0.601. The SMILES string of the molecule is C=CCCCCCCOC1OC(COC(C)=O)[C@@H](C)[C@H](C)C1N=[N+]=[N-]. The highest BCUT2D eigenvalue weighted by Gasteiger charge is 2.42. The second-order valence-corrected chi connectivity index (χ2v) is 6.62. The standard InChI is InChI=1S/C18H31N3O4/c1-5-6-7-8-9-10-11-23-18-17(20-21-19)14(3)13(2)16(25-18)12-24-15(4)22/h5,13-14,16-18H,1,6-12H2,2-4H3/t13-,14-,16?,17?,18?/m0/s1. The first-order valence-corrected chi connectivity index (χ1v) is 9.06. The minimum Gasteiger partial charge on any atom is -0.463 e. The Balaban J connectivity index is 2.54. The topological polar surface area (TPSA) is 93.5 Å². The Morgan fingerprint density at radius 2 is 2.00 bits per heavy atom. The van der Waals surface area contributed by atoms with Crippen LogP contribution in [0.3, 0.4) is 0 Å². The number of hydrogen-bond acceptors (Lipinski definition) is 5. The molecule has 1 aliphatic rings. The third kappa shape index (κ3) is 7.46. The summed E-state index contributed by atoms with van der Waals surface area (Å²) in [6, 6.07) is -0.380. The summed E-state index contributed by atoms with van der Waals surface area (Å²) in [5.74, 6) is -0.172. The molecule has 0 amide bonds. The van der Waals surface area contributed by atoms with Crippen molar-refractivity contribution in [2.24, 2.45) is 17.0 Å². The van der Waals surface area contributed by atoms with Gasteiger partial charge in [0.15, 0.2) is 6.29 Å². The number of allylic oxidation sites excluding steroid dienone is 1. The van der Waals surface area contributed by atoms with Crippen molar-refractivity contribution in [3.8, 4) is 0 Å². The van der Waals surface area contributed by atoms with Crippen LogP contribution in [0.4, 0.5) is 0 Å². The van der Waals surface area contributed by atoms with Gasteiger partial charge in [-0.2, -0.15) is 0 Å². The zero-order chi connectivity index (χ0) is 18.7. The summed E-state index contributed by atoms with van der Waals surface area (Å²) in [6.07, 6.45) is 6.40. The molecule has 0 saturated carbocycles. The predicted molar refractivity (Wildman–Crippen MR) is 95.8 cm³/mol. The molecule has 1 rings (SSSR count). The molecule has 0 aliphatic carbocycles. The van der Waals surface area contributed by atoms with E-state index in [1.165, 1.54) is 6.92 Å². The summed E-state index contributed by atoms with van der Waals surface area (Å²) in [6.45, 7) is 9.85. The molecule has 0 bridgehead atoms. The molecular weight excluding hydrogens is 322 g/mol. The number of carbonyl (C=O) groups excluding carboxylic acids is 1. The van der Waals surface area contributed by atoms with Crippen LogP contribution in [0, 0.1) is 11.8 Å². The summed E-state index contributed by atoms with van der Waals surface area (Å²) >= 11 is 0. The van der Waals surface area contributed by atoms with Crippen LogP contribution in [-0.4, -0.2) is 37.6 Å². The summed E-state index contributed by atoms with van der Waals surface area (Å²) in [5, 5.41) is 3.88. The third-order valence-electron chi connectivity index (χ3n) is 4.76. The molecule has 1 saturated heterocycles. The van der Waals surface area contributed by atoms with Crippen molar-refractivity contribution in [1.29, 1.82) is 0 Å². The molecule has 3 unspecified atom stereocenters. The van der Waals surface area contributed by atoms with Crippen LogP contribution in [0.1, 0.15) is 52.9 Å². The van der Waals surface area contributed by atoms with Crippen molar-refractivity contribution in [2.75, 3.05) is 13.2 Å². The van der Waals surface area contributed by atoms with E-state index in [1.807, 2.05) is 19.9 Å². The number of esters is 1. The van der Waals surface area contributed by atoms with Gasteiger partial charge in [-0.25, -0.2) is 0 Å². The van der Waals surface area contributed by atoms with Crippen LogP contribution in [0.5, 0.6) is 0 Å². The maximum atomic E-state index is 11.1. The first-order valence-electron chi connectivity index (χ1n) is 9.06. The van der Waals surface area contributed by atoms with Gasteiger partial charge in [0.2, 0.25) is 0 Å². The quantitative estimate of drug-likeness (QED) is 0.138. The monoisotopic (exact) mass is 353 g/mol. The van der Waals surface area contributed by atoms with E-state index in [9.17, 15) is 4.79 Å². The average Bonchev–Trinajstić information content (AvgIpc) is 2.58. The van der Waals surface area contributed by atoms with Gasteiger partial charge in [0.1, 0.15) is 6.61 Å². The van der Waals surface area contributed by atoms with Crippen molar-refractivity contribution in [2.45, 2.75) is 71.3 Å². The van der Waals surface area contributed by atoms with E-state index in [2.05, 4.69) is 16.6 Å². The Hall–Kier alpha value is -1.56. The molecule has 1 heterocycles. The Kier molecular flexibility index (Phi) is 10.2. The van der Waals surface area contributed by atoms with E-state index in [4.69, 9.17) is 19.7 Å². The van der Waals surface area contributed by atoms with Crippen LogP contribution >= 0.6 is 0 Å². The molecule has 7 nitrogen and oxygen atoms in total. The average molecular weight is 353 g/mol. The lowest BCUT2D eigenvalue weighted by Crippen LogP contribution is -2.51. The highest BCUT2D eigenvalue weighted by molar-refractivity contribution is 5.65. The molecule has 142 valence electrons. The van der Waals surface area contributed by atoms with Crippen LogP contribution in [0.2, 0.25) is 0 Å². The summed E-state index contributed by atoms with van der Waals surface area (Å²) in [7, 11) is 0. The Bertz CT molecular complexity index is 465. The number of nitrogens with zero attached hydrogens (tertiary/aromatic N) is 3. The molecular formula is C18H31N3O4. The zero-order valence-corrected chi connectivity index (χ0v) is 15.6. The number of rotatable bonds is 11. The second-order valence-electron chi connectivity index (χ2n) is 6.62. The van der Waals surface area contributed by atoms with Gasteiger partial charge < -0.3 is 14.2 Å². The molecule has 0 aromatic carbocycles. The van der Waals surface area contributed by atoms with E-state index < -0.39 is 6.29 Å². The number of unbranched alkanes of at least 4 members (excludes halogenated alkanes) is 4. The Labute approximate surface area is 150 Å². The van der Waals surface area contributed by atoms with Crippen LogP contribution in [0.25, 0.3) is 10.4 Å². The maximum absolute atomic E-state index is 11.1. The van der Waals surface area contributed by atoms with Crippen molar-refractivity contribution in [3.63, 3.8) is 0 Å². The molecule has 1 aliphatic heterocycles. The Morgan fingerprint density at radius 1 is 1.28 bits per heavy atom. The molecule has 0 aromatic rings. The van der Waals surface area contributed by atoms with Gasteiger partial charge >= 0.3 is 5.97 Å². The molecule has 0 radical (unpaired) electrons. The predicted octanol–water partition coefficient (Wildman–Crippen LogP) is 4.38. The molecule has 7 heteroatoms. The van der Waals surface area contributed by atoms with Crippen molar-refractivity contribution in [1.82, 2.24) is 0 Å². The number of hydrogen-bond donors (Lipinski definition) is 0. The lowest BCUT2D eigenvalue weighted by Gasteiger charge is -2.42. The van der Waals surface area contributed by atoms with Gasteiger partial charge in [-0.1, -0.05) is 37.9 Å². The van der Waals surface area contributed by atoms with Crippen LogP contribution in [-0.2, 0) is 19.0 Å². The number of ether oxygens (including phenoxy) is 3. The van der Waals surface area contributed by atoms with Gasteiger partial charge in [-0.15, -0.1) is 6.58 Å². The second kappa shape index (κ2) is 11.9. The molecule has 0 spiro atoms. The molecule has 5 atom stereocenters. The largest absolute Gasteiger partial charge is 0.463 e. The van der Waals surface area contributed by atoms with Crippen molar-refractivity contribution < 1.29 is 19.0 Å². The van der Waals surface area contributed by atoms with E-state index >= 15 is 0 Å². The van der Waals surface area contributed by atoms with E-state index in [1.54, 1.807) is 0 Å². The van der Waals surface area contributed by atoms with Gasteiger partial charge in [0.05, 0.1) is 12.1 Å². The first-order chi connectivity index (χ1) is 12.0. The fourth-order valence-corrected chi connectivity index (χ4v) is 2.97. The Morgan fingerprint density at radius 3 is 2.64 bits per heavy atom. The molecule has 1 fully saturated rings. The number of azide groups is 1. The minimum absolute atomic E-state index is 0.0720. The summed E-state index contributed by atoms with van der Waals surface area (Å²) in [4.78, 5) is 14.0. The van der Waals surface area contributed by atoms with Crippen LogP contribution in [0.15, 0.2) is 17.8 Å². The van der Waals surface area contributed by atoms with Gasteiger partial charge in [-0.05, 0) is 36.6 Å². The highest BCUT2D eigenvalue weighted by Crippen LogP contribution is 2.33. The molecule has 0 aromatic heterocycles. The van der Waals surface area contributed by atoms with Gasteiger partial charge in [0, 0.05) is 18.4 Å². The van der Waals surface area contributed by atoms with E-state index in [0.717, 1.165) is 32.1 Å². The first kappa shape index (κ1) is 21.5. The van der Waals surface area contributed by atoms with Gasteiger partial charge in [0.25, 0.3) is 0 Å². The zero-order valence-electron chi connectivity index (χ0n) is 15.6. The van der Waals surface area contributed by atoms with Gasteiger partial charge in [-0.3, -0.25) is 4.79 Å². The lowest BCUT2D eigenvalue weighted by atomic mass is 9.82. The maximum Gasteiger partial charge on any atom is 0.302 e. The molecule has 25 heavy (non-hydrogen) atoms. The molecule has 0 N–H and O–H groups in total. The smallest absolute Gasteiger partial charge is 0.302 e. The number of carbonyl (C=O) groups is 1. The van der Waals surface area contributed by atoms with Crippen molar-refractivity contribution in [3.05, 3.63) is 23.1 Å². The summed E-state index contributed by atoms with van der Waals surface area (Å²) < 4.78 is 16.9. The van der Waals surface area contributed by atoms with E-state index in [0.29, 0.717) is 6.61 Å². The van der Waals surface area contributed by atoms with Crippen molar-refractivity contribution >= 4 is 5.97 Å². The third-order valence-corrected chi connectivity index (χ3v) is 4.76. The highest BCUT2D eigenvalue weighted by atomic mass is 16.7. The normalized spacial score (nSPS) is 28.8.